The molecular weight excluding hydrogens is 216 g/mol. The number of carbonyl (C=O) groups is 2. The Labute approximate surface area is 95.5 Å². The first kappa shape index (κ1) is 17.3. The van der Waals surface area contributed by atoms with E-state index < -0.39 is 12.1 Å². The molecule has 0 spiro atoms. The average Bonchev–Trinajstić information content (AvgIpc) is 2.26. The Kier molecular flexibility index (Phi) is 12.9. The highest BCUT2D eigenvalue weighted by Crippen LogP contribution is 1.83. The molecule has 0 aliphatic heterocycles. The second kappa shape index (κ2) is 11.9. The Bertz CT molecular complexity index is 192. The standard InChI is InChI=1S/C6H12O3.C4H8O3/c1-3-8-5-6(7)9-4-2;1-3(7-2)4(5)6/h3-5H2,1-2H3;3H,1-2H3,(H,5,6). The molecular formula is C10H20O6. The number of methoxy groups -OCH3 is 1. The van der Waals surface area contributed by atoms with E-state index in [2.05, 4.69) is 9.47 Å². The third kappa shape index (κ3) is 12.9. The van der Waals surface area contributed by atoms with Crippen molar-refractivity contribution in [1.29, 1.82) is 0 Å². The Morgan fingerprint density at radius 1 is 1.25 bits per heavy atom. The lowest BCUT2D eigenvalue weighted by atomic mass is 10.4. The van der Waals surface area contributed by atoms with E-state index in [9.17, 15) is 9.59 Å². The van der Waals surface area contributed by atoms with E-state index in [1.54, 1.807) is 6.92 Å². The van der Waals surface area contributed by atoms with Gasteiger partial charge in [-0.2, -0.15) is 0 Å². The van der Waals surface area contributed by atoms with E-state index in [1.165, 1.54) is 14.0 Å². The van der Waals surface area contributed by atoms with Gasteiger partial charge < -0.3 is 19.3 Å². The molecule has 16 heavy (non-hydrogen) atoms. The van der Waals surface area contributed by atoms with Crippen molar-refractivity contribution in [3.63, 3.8) is 0 Å². The molecule has 0 saturated carbocycles. The fourth-order valence-corrected chi connectivity index (χ4v) is 0.489. The van der Waals surface area contributed by atoms with Crippen LogP contribution in [0.15, 0.2) is 0 Å². The van der Waals surface area contributed by atoms with Crippen LogP contribution in [0.1, 0.15) is 20.8 Å². The number of hydrogen-bond acceptors (Lipinski definition) is 5. The van der Waals surface area contributed by atoms with Crippen LogP contribution >= 0.6 is 0 Å². The fraction of sp³-hybridized carbons (Fsp3) is 0.800. The van der Waals surface area contributed by atoms with Gasteiger partial charge in [0.25, 0.3) is 0 Å². The van der Waals surface area contributed by atoms with Gasteiger partial charge in [-0.3, -0.25) is 0 Å². The Morgan fingerprint density at radius 2 is 1.81 bits per heavy atom. The zero-order valence-corrected chi connectivity index (χ0v) is 10.2. The van der Waals surface area contributed by atoms with Gasteiger partial charge in [0.2, 0.25) is 0 Å². The second-order valence-corrected chi connectivity index (χ2v) is 2.66. The molecule has 0 aromatic rings. The molecule has 0 aliphatic rings. The molecule has 96 valence electrons. The number of carboxylic acid groups (broad SMARTS) is 1. The highest BCUT2D eigenvalue weighted by atomic mass is 16.6. The van der Waals surface area contributed by atoms with Crippen LogP contribution in [-0.4, -0.2) is 50.1 Å². The smallest absolute Gasteiger partial charge is 0.332 e. The van der Waals surface area contributed by atoms with Gasteiger partial charge >= 0.3 is 11.9 Å². The van der Waals surface area contributed by atoms with E-state index in [0.29, 0.717) is 13.2 Å². The summed E-state index contributed by atoms with van der Waals surface area (Å²) < 4.78 is 13.8. The van der Waals surface area contributed by atoms with Gasteiger partial charge in [-0.25, -0.2) is 9.59 Å². The topological polar surface area (TPSA) is 82.1 Å². The first-order valence-electron chi connectivity index (χ1n) is 4.98. The predicted molar refractivity (Wildman–Crippen MR) is 57.2 cm³/mol. The summed E-state index contributed by atoms with van der Waals surface area (Å²) in [6.07, 6.45) is -0.681. The third-order valence-corrected chi connectivity index (χ3v) is 1.43. The highest BCUT2D eigenvalue weighted by molar-refractivity contribution is 5.71. The highest BCUT2D eigenvalue weighted by Gasteiger charge is 2.06. The first-order valence-corrected chi connectivity index (χ1v) is 4.98. The van der Waals surface area contributed by atoms with Gasteiger partial charge in [-0.1, -0.05) is 0 Å². The summed E-state index contributed by atoms with van der Waals surface area (Å²) in [6, 6.07) is 0. The minimum atomic E-state index is -0.928. The van der Waals surface area contributed by atoms with Gasteiger partial charge in [0.05, 0.1) is 6.61 Å². The maximum absolute atomic E-state index is 10.5. The molecule has 0 rings (SSSR count). The van der Waals surface area contributed by atoms with Crippen molar-refractivity contribution in [2.45, 2.75) is 26.9 Å². The molecule has 0 amide bonds. The predicted octanol–water partition coefficient (Wildman–Crippen LogP) is 0.692. The lowest BCUT2D eigenvalue weighted by Crippen LogP contribution is -2.17. The minimum Gasteiger partial charge on any atom is -0.479 e. The number of carboxylic acids is 1. The van der Waals surface area contributed by atoms with E-state index >= 15 is 0 Å². The Morgan fingerprint density at radius 3 is 2.06 bits per heavy atom. The minimum absolute atomic E-state index is 0.0737. The lowest BCUT2D eigenvalue weighted by Gasteiger charge is -1.99. The molecule has 1 unspecified atom stereocenters. The van der Waals surface area contributed by atoms with Gasteiger partial charge in [0.1, 0.15) is 6.61 Å². The van der Waals surface area contributed by atoms with Crippen molar-refractivity contribution in [2.24, 2.45) is 0 Å². The first-order chi connectivity index (χ1) is 7.49. The fourth-order valence-electron chi connectivity index (χ4n) is 0.489. The number of carbonyl (C=O) groups excluding carboxylic acids is 1. The summed E-state index contributed by atoms with van der Waals surface area (Å²) in [6.45, 7) is 6.13. The van der Waals surface area contributed by atoms with Gasteiger partial charge in [0.15, 0.2) is 6.10 Å². The maximum Gasteiger partial charge on any atom is 0.332 e. The van der Waals surface area contributed by atoms with Crippen molar-refractivity contribution in [1.82, 2.24) is 0 Å². The molecule has 1 atom stereocenters. The van der Waals surface area contributed by atoms with Crippen LogP contribution in [-0.2, 0) is 23.8 Å². The summed E-state index contributed by atoms with van der Waals surface area (Å²) in [4.78, 5) is 20.3. The van der Waals surface area contributed by atoms with Crippen LogP contribution < -0.4 is 0 Å². The van der Waals surface area contributed by atoms with Crippen LogP contribution in [0.3, 0.4) is 0 Å². The molecule has 1 N–H and O–H groups in total. The van der Waals surface area contributed by atoms with Crippen molar-refractivity contribution in [3.8, 4) is 0 Å². The Hall–Kier alpha value is -1.14. The quantitative estimate of drug-likeness (QED) is 0.683. The summed E-state index contributed by atoms with van der Waals surface area (Å²) >= 11 is 0. The molecule has 6 heteroatoms. The second-order valence-electron chi connectivity index (χ2n) is 2.66. The molecule has 0 radical (unpaired) electrons. The van der Waals surface area contributed by atoms with Crippen LogP contribution in [0.4, 0.5) is 0 Å². The molecule has 0 aromatic carbocycles. The number of aliphatic carboxylic acids is 1. The van der Waals surface area contributed by atoms with Gasteiger partial charge in [-0.05, 0) is 20.8 Å². The number of hydrogen-bond donors (Lipinski definition) is 1. The van der Waals surface area contributed by atoms with E-state index in [4.69, 9.17) is 9.84 Å². The molecule has 0 aromatic heterocycles. The summed E-state index contributed by atoms with van der Waals surface area (Å²) in [5, 5.41) is 8.06. The number of esters is 1. The molecule has 0 heterocycles. The maximum atomic E-state index is 10.5. The molecule has 0 saturated heterocycles. The lowest BCUT2D eigenvalue weighted by molar-refractivity contribution is -0.148. The zero-order valence-electron chi connectivity index (χ0n) is 10.2. The number of ether oxygens (including phenoxy) is 3. The van der Waals surface area contributed by atoms with Crippen LogP contribution in [0.25, 0.3) is 0 Å². The largest absolute Gasteiger partial charge is 0.479 e. The van der Waals surface area contributed by atoms with Crippen molar-refractivity contribution in [3.05, 3.63) is 0 Å². The van der Waals surface area contributed by atoms with Gasteiger partial charge in [-0.15, -0.1) is 0 Å². The van der Waals surface area contributed by atoms with Crippen LogP contribution in [0.2, 0.25) is 0 Å². The SMILES string of the molecule is CCOCC(=O)OCC.COC(C)C(=O)O. The van der Waals surface area contributed by atoms with E-state index in [0.717, 1.165) is 0 Å². The summed E-state index contributed by atoms with van der Waals surface area (Å²) in [5.74, 6) is -1.22. The molecule has 6 nitrogen and oxygen atoms in total. The number of rotatable bonds is 6. The normalized spacial score (nSPS) is 11.0. The van der Waals surface area contributed by atoms with Crippen molar-refractivity contribution >= 4 is 11.9 Å². The van der Waals surface area contributed by atoms with E-state index in [-0.39, 0.29) is 12.6 Å². The Balaban J connectivity index is 0. The molecule has 0 aliphatic carbocycles. The van der Waals surface area contributed by atoms with Crippen molar-refractivity contribution < 1.29 is 28.9 Å². The summed E-state index contributed by atoms with van der Waals surface area (Å²) in [5.41, 5.74) is 0. The van der Waals surface area contributed by atoms with Crippen LogP contribution in [0.5, 0.6) is 0 Å². The van der Waals surface area contributed by atoms with Crippen molar-refractivity contribution in [2.75, 3.05) is 26.9 Å². The zero-order chi connectivity index (χ0) is 13.0. The molecule has 0 bridgehead atoms. The molecule has 0 fully saturated rings. The van der Waals surface area contributed by atoms with Crippen LogP contribution in [0, 0.1) is 0 Å². The third-order valence-electron chi connectivity index (χ3n) is 1.43. The average molecular weight is 236 g/mol. The van der Waals surface area contributed by atoms with E-state index in [1.807, 2.05) is 6.92 Å². The monoisotopic (exact) mass is 236 g/mol. The van der Waals surface area contributed by atoms with Gasteiger partial charge in [0, 0.05) is 13.7 Å². The summed E-state index contributed by atoms with van der Waals surface area (Å²) in [7, 11) is 1.36.